The summed E-state index contributed by atoms with van der Waals surface area (Å²) in [7, 11) is 0. The van der Waals surface area contributed by atoms with Crippen molar-refractivity contribution in [1.82, 2.24) is 9.88 Å². The third-order valence-corrected chi connectivity index (χ3v) is 3.78. The van der Waals surface area contributed by atoms with Crippen LogP contribution in [0.5, 0.6) is 0 Å². The fourth-order valence-electron chi connectivity index (χ4n) is 2.52. The number of amides is 1. The second-order valence-corrected chi connectivity index (χ2v) is 5.25. The van der Waals surface area contributed by atoms with Gasteiger partial charge in [0.25, 0.3) is 0 Å². The van der Waals surface area contributed by atoms with Gasteiger partial charge in [-0.05, 0) is 37.8 Å². The Kier molecular flexibility index (Phi) is 3.17. The summed E-state index contributed by atoms with van der Waals surface area (Å²) in [4.78, 5) is 18.0. The molecule has 1 aromatic heterocycles. The number of anilines is 1. The standard InChI is InChI=1S/C14H19N3O/c18-14(11-1-2-11)17-9-5-13(6-10-17)16-12-3-7-15-8-4-12/h3-4,7-8,11,13H,1-2,5-6,9-10H2,(H,15,16). The lowest BCUT2D eigenvalue weighted by atomic mass is 10.0. The first-order valence-electron chi connectivity index (χ1n) is 6.78. The number of hydrogen-bond donors (Lipinski definition) is 1. The quantitative estimate of drug-likeness (QED) is 0.884. The summed E-state index contributed by atoms with van der Waals surface area (Å²) in [5, 5.41) is 3.51. The Labute approximate surface area is 107 Å². The van der Waals surface area contributed by atoms with Crippen molar-refractivity contribution in [3.05, 3.63) is 24.5 Å². The van der Waals surface area contributed by atoms with E-state index in [4.69, 9.17) is 0 Å². The highest BCUT2D eigenvalue weighted by Crippen LogP contribution is 2.32. The van der Waals surface area contributed by atoms with Crippen molar-refractivity contribution in [2.75, 3.05) is 18.4 Å². The maximum atomic E-state index is 11.9. The number of aromatic nitrogens is 1. The van der Waals surface area contributed by atoms with Gasteiger partial charge in [0.05, 0.1) is 0 Å². The van der Waals surface area contributed by atoms with Crippen molar-refractivity contribution in [2.24, 2.45) is 5.92 Å². The van der Waals surface area contributed by atoms with Gasteiger partial charge in [-0.2, -0.15) is 0 Å². The van der Waals surface area contributed by atoms with Gasteiger partial charge < -0.3 is 10.2 Å². The van der Waals surface area contributed by atoms with Gasteiger partial charge in [-0.25, -0.2) is 0 Å². The highest BCUT2D eigenvalue weighted by molar-refractivity contribution is 5.81. The topological polar surface area (TPSA) is 45.2 Å². The second kappa shape index (κ2) is 4.96. The minimum atomic E-state index is 0.356. The normalized spacial score (nSPS) is 20.8. The molecule has 1 aliphatic carbocycles. The van der Waals surface area contributed by atoms with Crippen LogP contribution in [0.15, 0.2) is 24.5 Å². The summed E-state index contributed by atoms with van der Waals surface area (Å²) in [6, 6.07) is 4.46. The average molecular weight is 245 g/mol. The van der Waals surface area contributed by atoms with Crippen molar-refractivity contribution < 1.29 is 4.79 Å². The lowest BCUT2D eigenvalue weighted by Gasteiger charge is -2.33. The molecule has 2 fully saturated rings. The van der Waals surface area contributed by atoms with E-state index in [-0.39, 0.29) is 0 Å². The smallest absolute Gasteiger partial charge is 0.225 e. The molecule has 0 atom stereocenters. The van der Waals surface area contributed by atoms with E-state index in [1.54, 1.807) is 12.4 Å². The number of rotatable bonds is 3. The van der Waals surface area contributed by atoms with E-state index in [0.717, 1.165) is 44.5 Å². The molecule has 1 aliphatic heterocycles. The minimum absolute atomic E-state index is 0.356. The predicted octanol–water partition coefficient (Wildman–Crippen LogP) is 1.89. The molecule has 96 valence electrons. The molecule has 1 saturated carbocycles. The number of hydrogen-bond acceptors (Lipinski definition) is 3. The predicted molar refractivity (Wildman–Crippen MR) is 70.2 cm³/mol. The second-order valence-electron chi connectivity index (χ2n) is 5.25. The molecule has 4 heteroatoms. The summed E-state index contributed by atoms with van der Waals surface area (Å²) < 4.78 is 0. The van der Waals surface area contributed by atoms with E-state index in [9.17, 15) is 4.79 Å². The number of carbonyl (C=O) groups excluding carboxylic acids is 1. The number of likely N-dealkylation sites (tertiary alicyclic amines) is 1. The van der Waals surface area contributed by atoms with E-state index < -0.39 is 0 Å². The molecule has 4 nitrogen and oxygen atoms in total. The molecule has 0 radical (unpaired) electrons. The van der Waals surface area contributed by atoms with Crippen LogP contribution in [-0.4, -0.2) is 34.9 Å². The molecule has 1 N–H and O–H groups in total. The van der Waals surface area contributed by atoms with Crippen LogP contribution in [0.25, 0.3) is 0 Å². The van der Waals surface area contributed by atoms with Crippen LogP contribution in [0.4, 0.5) is 5.69 Å². The number of nitrogens with zero attached hydrogens (tertiary/aromatic N) is 2. The fraction of sp³-hybridized carbons (Fsp3) is 0.571. The van der Waals surface area contributed by atoms with Crippen LogP contribution in [0.1, 0.15) is 25.7 Å². The maximum Gasteiger partial charge on any atom is 0.225 e. The van der Waals surface area contributed by atoms with E-state index in [1.807, 2.05) is 17.0 Å². The summed E-state index contributed by atoms with van der Waals surface area (Å²) in [6.07, 6.45) is 7.89. The van der Waals surface area contributed by atoms with Crippen LogP contribution in [0, 0.1) is 5.92 Å². The first-order valence-corrected chi connectivity index (χ1v) is 6.78. The molecule has 2 heterocycles. The Morgan fingerprint density at radius 3 is 2.44 bits per heavy atom. The Balaban J connectivity index is 1.49. The van der Waals surface area contributed by atoms with Crippen LogP contribution in [0.3, 0.4) is 0 Å². The fourth-order valence-corrected chi connectivity index (χ4v) is 2.52. The molecule has 0 unspecified atom stereocenters. The van der Waals surface area contributed by atoms with Gasteiger partial charge in [0.1, 0.15) is 0 Å². The molecule has 0 aromatic carbocycles. The van der Waals surface area contributed by atoms with Crippen LogP contribution >= 0.6 is 0 Å². The summed E-state index contributed by atoms with van der Waals surface area (Å²) in [5.41, 5.74) is 1.12. The molecular formula is C14H19N3O. The molecule has 2 aliphatic rings. The van der Waals surface area contributed by atoms with Gasteiger partial charge in [-0.1, -0.05) is 0 Å². The SMILES string of the molecule is O=C(C1CC1)N1CCC(Nc2ccncc2)CC1. The molecule has 0 spiro atoms. The third kappa shape index (κ3) is 2.63. The van der Waals surface area contributed by atoms with Gasteiger partial charge in [-0.3, -0.25) is 9.78 Å². The van der Waals surface area contributed by atoms with Gasteiger partial charge >= 0.3 is 0 Å². The lowest BCUT2D eigenvalue weighted by molar-refractivity contribution is -0.133. The third-order valence-electron chi connectivity index (χ3n) is 3.78. The highest BCUT2D eigenvalue weighted by Gasteiger charge is 2.34. The Morgan fingerprint density at radius 1 is 1.17 bits per heavy atom. The molecule has 18 heavy (non-hydrogen) atoms. The zero-order chi connectivity index (χ0) is 12.4. The van der Waals surface area contributed by atoms with Crippen molar-refractivity contribution in [3.63, 3.8) is 0 Å². The van der Waals surface area contributed by atoms with Crippen LogP contribution < -0.4 is 5.32 Å². The van der Waals surface area contributed by atoms with E-state index in [2.05, 4.69) is 10.3 Å². The van der Waals surface area contributed by atoms with Gasteiger partial charge in [-0.15, -0.1) is 0 Å². The maximum absolute atomic E-state index is 11.9. The molecule has 1 amide bonds. The summed E-state index contributed by atoms with van der Waals surface area (Å²) in [6.45, 7) is 1.80. The molecule has 3 rings (SSSR count). The van der Waals surface area contributed by atoms with Crippen molar-refractivity contribution in [2.45, 2.75) is 31.7 Å². The molecule has 1 aromatic rings. The average Bonchev–Trinajstić information content (AvgIpc) is 3.24. The van der Waals surface area contributed by atoms with Crippen LogP contribution in [-0.2, 0) is 4.79 Å². The largest absolute Gasteiger partial charge is 0.382 e. The summed E-state index contributed by atoms with van der Waals surface area (Å²) >= 11 is 0. The Bertz CT molecular complexity index is 408. The Hall–Kier alpha value is -1.58. The monoisotopic (exact) mass is 245 g/mol. The van der Waals surface area contributed by atoms with Crippen molar-refractivity contribution >= 4 is 11.6 Å². The molecule has 1 saturated heterocycles. The number of pyridine rings is 1. The zero-order valence-corrected chi connectivity index (χ0v) is 10.5. The van der Waals surface area contributed by atoms with E-state index >= 15 is 0 Å². The van der Waals surface area contributed by atoms with Crippen LogP contribution in [0.2, 0.25) is 0 Å². The van der Waals surface area contributed by atoms with Gasteiger partial charge in [0.2, 0.25) is 5.91 Å². The number of nitrogens with one attached hydrogen (secondary N) is 1. The Morgan fingerprint density at radius 2 is 1.83 bits per heavy atom. The summed E-state index contributed by atoms with van der Waals surface area (Å²) in [5.74, 6) is 0.743. The van der Waals surface area contributed by atoms with Gasteiger partial charge in [0.15, 0.2) is 0 Å². The first-order chi connectivity index (χ1) is 8.83. The molecular weight excluding hydrogens is 226 g/mol. The van der Waals surface area contributed by atoms with E-state index in [0.29, 0.717) is 17.9 Å². The van der Waals surface area contributed by atoms with Gasteiger partial charge in [0, 0.05) is 43.1 Å². The lowest BCUT2D eigenvalue weighted by Crippen LogP contribution is -2.43. The van der Waals surface area contributed by atoms with Crippen molar-refractivity contribution in [1.29, 1.82) is 0 Å². The zero-order valence-electron chi connectivity index (χ0n) is 10.5. The van der Waals surface area contributed by atoms with E-state index in [1.165, 1.54) is 0 Å². The number of piperidine rings is 1. The first kappa shape index (κ1) is 11.5. The molecule has 0 bridgehead atoms. The number of carbonyl (C=O) groups is 1. The highest BCUT2D eigenvalue weighted by atomic mass is 16.2. The van der Waals surface area contributed by atoms with Crippen molar-refractivity contribution in [3.8, 4) is 0 Å². The minimum Gasteiger partial charge on any atom is -0.382 e.